The summed E-state index contributed by atoms with van der Waals surface area (Å²) in [5.74, 6) is 0. The predicted molar refractivity (Wildman–Crippen MR) is 120 cm³/mol. The first-order valence-electron chi connectivity index (χ1n) is 9.56. The molecule has 4 aromatic rings. The minimum absolute atomic E-state index is 1.25. The molecule has 4 rings (SSSR count). The molecule has 0 aromatic heterocycles. The van der Waals surface area contributed by atoms with Crippen molar-refractivity contribution in [2.24, 2.45) is 0 Å². The lowest BCUT2D eigenvalue weighted by molar-refractivity contribution is 1.09. The van der Waals surface area contributed by atoms with Gasteiger partial charge >= 0.3 is 0 Å². The molecule has 0 unspecified atom stereocenters. The average Bonchev–Trinajstić information content (AvgIpc) is 2.77. The highest BCUT2D eigenvalue weighted by molar-refractivity contribution is 5.63. The van der Waals surface area contributed by atoms with E-state index in [1.165, 1.54) is 28.7 Å². The molecular weight excluding hydrogens is 324 g/mol. The minimum atomic E-state index is 1.25. The van der Waals surface area contributed by atoms with Gasteiger partial charge in [-0.15, -0.1) is 0 Å². The number of hydrogen-bond donors (Lipinski definition) is 0. The van der Waals surface area contributed by atoms with Crippen molar-refractivity contribution < 1.29 is 0 Å². The van der Waals surface area contributed by atoms with Crippen LogP contribution in [0.3, 0.4) is 0 Å². The molecule has 0 heteroatoms. The van der Waals surface area contributed by atoms with E-state index in [-0.39, 0.29) is 0 Å². The summed E-state index contributed by atoms with van der Waals surface area (Å²) in [7, 11) is 0. The lowest BCUT2D eigenvalue weighted by Crippen LogP contribution is -1.73. The zero-order chi connectivity index (χ0) is 19.2. The van der Waals surface area contributed by atoms with Gasteiger partial charge in [0.1, 0.15) is 0 Å². The maximum Gasteiger partial charge on any atom is -0.0184 e. The Morgan fingerprint density at radius 1 is 0.333 bits per heavy atom. The van der Waals surface area contributed by atoms with Crippen molar-refractivity contribution >= 4 is 0 Å². The van der Waals surface area contributed by atoms with Gasteiger partial charge in [0, 0.05) is 0 Å². The van der Waals surface area contributed by atoms with E-state index in [0.717, 1.165) is 0 Å². The molecule has 0 radical (unpaired) electrons. The van der Waals surface area contributed by atoms with Gasteiger partial charge in [-0.05, 0) is 22.3 Å². The standard InChI is InChI=1S/2C12H10.C3H8/c2*1-3-7-11(8-4-1)12-9-5-2-6-10-12;1-3-2/h2*1-10H;3H2,1-2H3. The smallest absolute Gasteiger partial charge is 0.0184 e. The van der Waals surface area contributed by atoms with E-state index in [4.69, 9.17) is 0 Å². The van der Waals surface area contributed by atoms with E-state index in [1.807, 2.05) is 24.3 Å². The van der Waals surface area contributed by atoms with Crippen LogP contribution >= 0.6 is 0 Å². The zero-order valence-electron chi connectivity index (χ0n) is 16.3. The Bertz CT molecular complexity index is 685. The minimum Gasteiger partial charge on any atom is -0.0656 e. The lowest BCUT2D eigenvalue weighted by Gasteiger charge is -1.98. The summed E-state index contributed by atoms with van der Waals surface area (Å²) in [4.78, 5) is 0. The van der Waals surface area contributed by atoms with Crippen LogP contribution in [0, 0.1) is 0 Å². The fourth-order valence-electron chi connectivity index (χ4n) is 2.52. The summed E-state index contributed by atoms with van der Waals surface area (Å²) in [6.07, 6.45) is 1.25. The first-order valence-corrected chi connectivity index (χ1v) is 9.56. The Balaban J connectivity index is 0.000000170. The van der Waals surface area contributed by atoms with Crippen LogP contribution in [0.4, 0.5) is 0 Å². The molecule has 27 heavy (non-hydrogen) atoms. The van der Waals surface area contributed by atoms with Crippen LogP contribution in [0.2, 0.25) is 0 Å². The molecule has 0 bridgehead atoms. The molecule has 0 aliphatic rings. The Morgan fingerprint density at radius 3 is 0.630 bits per heavy atom. The molecule has 0 heterocycles. The Hall–Kier alpha value is -3.12. The van der Waals surface area contributed by atoms with Crippen molar-refractivity contribution in [3.63, 3.8) is 0 Å². The molecule has 0 amide bonds. The summed E-state index contributed by atoms with van der Waals surface area (Å²) in [6, 6.07) is 41.6. The Kier molecular flexibility index (Phi) is 9.18. The highest BCUT2D eigenvalue weighted by Crippen LogP contribution is 2.18. The highest BCUT2D eigenvalue weighted by Gasteiger charge is 1.92. The van der Waals surface area contributed by atoms with Crippen LogP contribution in [0.5, 0.6) is 0 Å². The van der Waals surface area contributed by atoms with Crippen LogP contribution in [-0.4, -0.2) is 0 Å². The number of hydrogen-bond acceptors (Lipinski definition) is 0. The fourth-order valence-corrected chi connectivity index (χ4v) is 2.52. The summed E-state index contributed by atoms with van der Waals surface area (Å²) in [5, 5.41) is 0. The van der Waals surface area contributed by atoms with Crippen LogP contribution in [0.25, 0.3) is 22.3 Å². The van der Waals surface area contributed by atoms with Gasteiger partial charge in [-0.1, -0.05) is 142 Å². The lowest BCUT2D eigenvalue weighted by atomic mass is 10.1. The number of benzene rings is 4. The highest BCUT2D eigenvalue weighted by atomic mass is 14.0. The Labute approximate surface area is 164 Å². The van der Waals surface area contributed by atoms with E-state index in [9.17, 15) is 0 Å². The van der Waals surface area contributed by atoms with Crippen LogP contribution in [-0.2, 0) is 0 Å². The number of rotatable bonds is 2. The van der Waals surface area contributed by atoms with E-state index >= 15 is 0 Å². The zero-order valence-corrected chi connectivity index (χ0v) is 16.3. The van der Waals surface area contributed by atoms with Crippen molar-refractivity contribution in [1.82, 2.24) is 0 Å². The molecule has 0 atom stereocenters. The van der Waals surface area contributed by atoms with Crippen LogP contribution < -0.4 is 0 Å². The molecule has 0 saturated carbocycles. The molecule has 0 aliphatic heterocycles. The summed E-state index contributed by atoms with van der Waals surface area (Å²) >= 11 is 0. The normalized spacial score (nSPS) is 9.26. The van der Waals surface area contributed by atoms with Crippen molar-refractivity contribution in [1.29, 1.82) is 0 Å². The maximum atomic E-state index is 2.12. The quantitative estimate of drug-likeness (QED) is 0.341. The van der Waals surface area contributed by atoms with Crippen molar-refractivity contribution in [3.8, 4) is 22.3 Å². The molecule has 0 saturated heterocycles. The second-order valence-corrected chi connectivity index (χ2v) is 6.17. The molecule has 4 aromatic carbocycles. The SMILES string of the molecule is CCC.c1ccc(-c2ccccc2)cc1.c1ccc(-c2ccccc2)cc1. The molecule has 0 nitrogen and oxygen atoms in total. The third-order valence-electron chi connectivity index (χ3n) is 3.76. The van der Waals surface area contributed by atoms with Crippen molar-refractivity contribution in [2.45, 2.75) is 20.3 Å². The average molecular weight is 353 g/mol. The molecule has 136 valence electrons. The maximum absolute atomic E-state index is 2.12. The van der Waals surface area contributed by atoms with E-state index in [1.54, 1.807) is 0 Å². The van der Waals surface area contributed by atoms with Gasteiger partial charge in [-0.3, -0.25) is 0 Å². The fraction of sp³-hybridized carbons (Fsp3) is 0.111. The third kappa shape index (κ3) is 7.33. The van der Waals surface area contributed by atoms with Gasteiger partial charge in [0.05, 0.1) is 0 Å². The predicted octanol–water partition coefficient (Wildman–Crippen LogP) is 8.12. The van der Waals surface area contributed by atoms with Gasteiger partial charge < -0.3 is 0 Å². The van der Waals surface area contributed by atoms with Gasteiger partial charge in [0.25, 0.3) is 0 Å². The van der Waals surface area contributed by atoms with E-state index < -0.39 is 0 Å². The Morgan fingerprint density at radius 2 is 0.481 bits per heavy atom. The van der Waals surface area contributed by atoms with Crippen LogP contribution in [0.1, 0.15) is 20.3 Å². The monoisotopic (exact) mass is 352 g/mol. The third-order valence-corrected chi connectivity index (χ3v) is 3.76. The van der Waals surface area contributed by atoms with Gasteiger partial charge in [-0.25, -0.2) is 0 Å². The van der Waals surface area contributed by atoms with Crippen molar-refractivity contribution in [3.05, 3.63) is 121 Å². The summed E-state index contributed by atoms with van der Waals surface area (Å²) in [5.41, 5.74) is 5.10. The van der Waals surface area contributed by atoms with Gasteiger partial charge in [0.2, 0.25) is 0 Å². The molecular formula is C27H28. The summed E-state index contributed by atoms with van der Waals surface area (Å²) < 4.78 is 0. The van der Waals surface area contributed by atoms with E-state index in [2.05, 4.69) is 111 Å². The van der Waals surface area contributed by atoms with Crippen molar-refractivity contribution in [2.75, 3.05) is 0 Å². The van der Waals surface area contributed by atoms with Gasteiger partial charge in [-0.2, -0.15) is 0 Å². The first-order chi connectivity index (χ1) is 13.3. The molecule has 0 fully saturated rings. The second kappa shape index (κ2) is 12.3. The van der Waals surface area contributed by atoms with Gasteiger partial charge in [0.15, 0.2) is 0 Å². The first kappa shape index (κ1) is 20.2. The van der Waals surface area contributed by atoms with E-state index in [0.29, 0.717) is 0 Å². The largest absolute Gasteiger partial charge is 0.0656 e. The summed E-state index contributed by atoms with van der Waals surface area (Å²) in [6.45, 7) is 4.25. The molecule has 0 N–H and O–H groups in total. The molecule has 0 spiro atoms. The topological polar surface area (TPSA) is 0 Å². The second-order valence-electron chi connectivity index (χ2n) is 6.17. The molecule has 0 aliphatic carbocycles. The van der Waals surface area contributed by atoms with Crippen LogP contribution in [0.15, 0.2) is 121 Å².